The van der Waals surface area contributed by atoms with Gasteiger partial charge >= 0.3 is 0 Å². The number of aliphatic hydroxyl groups is 1. The van der Waals surface area contributed by atoms with Crippen molar-refractivity contribution in [1.82, 2.24) is 4.90 Å². The Morgan fingerprint density at radius 3 is 2.50 bits per heavy atom. The summed E-state index contributed by atoms with van der Waals surface area (Å²) < 4.78 is 23.1. The number of hydrogen-bond acceptors (Lipinski definition) is 7. The molecule has 2 saturated heterocycles. The van der Waals surface area contributed by atoms with Crippen LogP contribution in [0.4, 0.5) is 0 Å². The predicted octanol–water partition coefficient (Wildman–Crippen LogP) is 5.90. The molecule has 2 atom stereocenters. The summed E-state index contributed by atoms with van der Waals surface area (Å²) in [6, 6.07) is 11.5. The number of rotatable bonds is 13. The first-order chi connectivity index (χ1) is 19.3. The number of Topliss-reactive ketones (excluding diaryl/α,β-unsaturated/α-hetero) is 1. The Morgan fingerprint density at radius 2 is 1.85 bits per heavy atom. The van der Waals surface area contributed by atoms with E-state index in [0.717, 1.165) is 32.1 Å². The molecule has 2 unspecified atom stereocenters. The van der Waals surface area contributed by atoms with Crippen LogP contribution in [0.25, 0.3) is 5.76 Å². The van der Waals surface area contributed by atoms with Crippen molar-refractivity contribution in [3.63, 3.8) is 0 Å². The van der Waals surface area contributed by atoms with Gasteiger partial charge in [-0.05, 0) is 73.6 Å². The molecule has 2 aromatic carbocycles. The van der Waals surface area contributed by atoms with Gasteiger partial charge in [-0.25, -0.2) is 0 Å². The van der Waals surface area contributed by atoms with Crippen molar-refractivity contribution >= 4 is 17.4 Å². The lowest BCUT2D eigenvalue weighted by Gasteiger charge is -2.28. The number of ketones is 1. The fourth-order valence-electron chi connectivity index (χ4n) is 5.00. The molecule has 216 valence electrons. The lowest BCUT2D eigenvalue weighted by Crippen LogP contribution is -2.36. The minimum absolute atomic E-state index is 0.0400. The van der Waals surface area contributed by atoms with Crippen molar-refractivity contribution in [1.29, 1.82) is 0 Å². The van der Waals surface area contributed by atoms with E-state index in [4.69, 9.17) is 18.9 Å². The van der Waals surface area contributed by atoms with Crippen LogP contribution in [0.5, 0.6) is 17.2 Å². The number of carbonyl (C=O) groups is 2. The van der Waals surface area contributed by atoms with Gasteiger partial charge in [0.1, 0.15) is 11.5 Å². The predicted molar refractivity (Wildman–Crippen MR) is 153 cm³/mol. The summed E-state index contributed by atoms with van der Waals surface area (Å²) in [5.41, 5.74) is 1.12. The molecule has 2 fully saturated rings. The average Bonchev–Trinajstić information content (AvgIpc) is 3.55. The smallest absolute Gasteiger partial charge is 0.295 e. The molecule has 2 aliphatic heterocycles. The van der Waals surface area contributed by atoms with E-state index in [1.54, 1.807) is 43.5 Å². The summed E-state index contributed by atoms with van der Waals surface area (Å²) in [4.78, 5) is 28.3. The van der Waals surface area contributed by atoms with Gasteiger partial charge in [0.05, 0.1) is 38.0 Å². The Hall–Kier alpha value is -3.52. The largest absolute Gasteiger partial charge is 0.507 e. The fraction of sp³-hybridized carbons (Fsp3) is 0.500. The van der Waals surface area contributed by atoms with Gasteiger partial charge in [-0.2, -0.15) is 0 Å². The zero-order valence-corrected chi connectivity index (χ0v) is 24.0. The fourth-order valence-corrected chi connectivity index (χ4v) is 5.00. The Labute approximate surface area is 236 Å². The number of carbonyl (C=O) groups excluding carboxylic acids is 2. The zero-order valence-electron chi connectivity index (χ0n) is 24.0. The lowest BCUT2D eigenvalue weighted by atomic mass is 9.94. The highest BCUT2D eigenvalue weighted by Crippen LogP contribution is 2.42. The van der Waals surface area contributed by atoms with Crippen LogP contribution >= 0.6 is 0 Å². The Balaban J connectivity index is 1.71. The van der Waals surface area contributed by atoms with Crippen molar-refractivity contribution in [2.45, 2.75) is 65.0 Å². The first-order valence-electron chi connectivity index (χ1n) is 14.3. The maximum Gasteiger partial charge on any atom is 0.295 e. The zero-order chi connectivity index (χ0) is 28.6. The van der Waals surface area contributed by atoms with Crippen LogP contribution in [0.1, 0.15) is 70.0 Å². The van der Waals surface area contributed by atoms with E-state index in [-0.39, 0.29) is 24.0 Å². The van der Waals surface area contributed by atoms with Crippen molar-refractivity contribution in [2.24, 2.45) is 5.92 Å². The lowest BCUT2D eigenvalue weighted by molar-refractivity contribution is -0.140. The third kappa shape index (κ3) is 6.78. The van der Waals surface area contributed by atoms with Crippen LogP contribution < -0.4 is 14.2 Å². The molecule has 0 bridgehead atoms. The highest BCUT2D eigenvalue weighted by atomic mass is 16.5. The number of unbranched alkanes of at least 4 members (excludes halogenated alkanes) is 1. The number of ether oxygens (including phenoxy) is 4. The van der Waals surface area contributed by atoms with Crippen LogP contribution in [-0.2, 0) is 14.3 Å². The second-order valence-electron chi connectivity index (χ2n) is 10.8. The van der Waals surface area contributed by atoms with E-state index in [1.165, 1.54) is 4.90 Å². The normalized spacial score (nSPS) is 20.4. The standard InChI is InChI=1S/C32H41NO7/c1-5-6-16-38-24-12-9-22(10-13-24)30(34)28-29(33(32(36)31(28)35)20-25-8-7-17-39-25)23-11-14-26(27(19-23)37-4)40-18-15-21(2)3/h9-14,19,21,25,29,34H,5-8,15-18,20H2,1-4H3. The molecule has 8 nitrogen and oxygen atoms in total. The van der Waals surface area contributed by atoms with Crippen molar-refractivity contribution in [3.05, 3.63) is 59.2 Å². The van der Waals surface area contributed by atoms with Gasteiger partial charge in [0.15, 0.2) is 11.5 Å². The molecule has 40 heavy (non-hydrogen) atoms. The Kier molecular flexibility index (Phi) is 10.1. The molecule has 1 amide bonds. The van der Waals surface area contributed by atoms with E-state index in [1.807, 2.05) is 6.07 Å². The third-order valence-corrected chi connectivity index (χ3v) is 7.31. The van der Waals surface area contributed by atoms with E-state index in [2.05, 4.69) is 20.8 Å². The van der Waals surface area contributed by atoms with Crippen molar-refractivity contribution in [2.75, 3.05) is 33.5 Å². The van der Waals surface area contributed by atoms with Gasteiger partial charge in [-0.1, -0.05) is 33.3 Å². The van der Waals surface area contributed by atoms with E-state index < -0.39 is 17.7 Å². The van der Waals surface area contributed by atoms with Gasteiger partial charge in [0.25, 0.3) is 11.7 Å². The number of likely N-dealkylation sites (tertiary alicyclic amines) is 1. The second kappa shape index (κ2) is 13.7. The molecule has 1 N–H and O–H groups in total. The summed E-state index contributed by atoms with van der Waals surface area (Å²) in [6.07, 6.45) is 4.42. The van der Waals surface area contributed by atoms with Gasteiger partial charge in [-0.15, -0.1) is 0 Å². The average molecular weight is 552 g/mol. The first-order valence-corrected chi connectivity index (χ1v) is 14.3. The summed E-state index contributed by atoms with van der Waals surface area (Å²) in [7, 11) is 1.56. The van der Waals surface area contributed by atoms with Gasteiger partial charge < -0.3 is 29.0 Å². The van der Waals surface area contributed by atoms with Crippen LogP contribution in [0.2, 0.25) is 0 Å². The molecule has 2 aliphatic rings. The van der Waals surface area contributed by atoms with Crippen LogP contribution in [-0.4, -0.2) is 61.3 Å². The van der Waals surface area contributed by atoms with E-state index in [0.29, 0.717) is 54.1 Å². The SMILES string of the molecule is CCCCOc1ccc(C(O)=C2C(=O)C(=O)N(CC3CCCO3)C2c2ccc(OCCC(C)C)c(OC)c2)cc1. The maximum atomic E-state index is 13.4. The molecule has 4 rings (SSSR count). The van der Waals surface area contributed by atoms with E-state index >= 15 is 0 Å². The van der Waals surface area contributed by atoms with Crippen molar-refractivity contribution < 1.29 is 33.6 Å². The number of nitrogens with zero attached hydrogens (tertiary/aromatic N) is 1. The number of methoxy groups -OCH3 is 1. The van der Waals surface area contributed by atoms with E-state index in [9.17, 15) is 14.7 Å². The molecule has 2 aromatic rings. The summed E-state index contributed by atoms with van der Waals surface area (Å²) in [5, 5.41) is 11.4. The number of amides is 1. The Bertz CT molecular complexity index is 1200. The first kappa shape index (κ1) is 29.5. The maximum absolute atomic E-state index is 13.4. The topological polar surface area (TPSA) is 94.5 Å². The van der Waals surface area contributed by atoms with Crippen LogP contribution in [0.3, 0.4) is 0 Å². The monoisotopic (exact) mass is 551 g/mol. The van der Waals surface area contributed by atoms with Crippen LogP contribution in [0.15, 0.2) is 48.0 Å². The summed E-state index contributed by atoms with van der Waals surface area (Å²) in [5.74, 6) is 0.657. The molecule has 0 spiro atoms. The number of hydrogen-bond donors (Lipinski definition) is 1. The van der Waals surface area contributed by atoms with Crippen molar-refractivity contribution in [3.8, 4) is 17.2 Å². The summed E-state index contributed by atoms with van der Waals surface area (Å²) >= 11 is 0. The molecule has 8 heteroatoms. The third-order valence-electron chi connectivity index (χ3n) is 7.31. The highest BCUT2D eigenvalue weighted by Gasteiger charge is 2.47. The van der Waals surface area contributed by atoms with Gasteiger partial charge in [0.2, 0.25) is 0 Å². The quantitative estimate of drug-likeness (QED) is 0.143. The Morgan fingerprint density at radius 1 is 1.07 bits per heavy atom. The molecule has 0 aliphatic carbocycles. The highest BCUT2D eigenvalue weighted by molar-refractivity contribution is 6.46. The minimum atomic E-state index is -0.803. The van der Waals surface area contributed by atoms with Gasteiger partial charge in [-0.3, -0.25) is 9.59 Å². The van der Waals surface area contributed by atoms with Crippen LogP contribution in [0, 0.1) is 5.92 Å². The molecule has 0 radical (unpaired) electrons. The minimum Gasteiger partial charge on any atom is -0.507 e. The van der Waals surface area contributed by atoms with Gasteiger partial charge in [0, 0.05) is 18.7 Å². The molecular formula is C32H41NO7. The number of benzene rings is 2. The second-order valence-corrected chi connectivity index (χ2v) is 10.8. The molecule has 0 saturated carbocycles. The molecule has 2 heterocycles. The molecular weight excluding hydrogens is 510 g/mol. The summed E-state index contributed by atoms with van der Waals surface area (Å²) in [6.45, 7) is 8.39. The number of aliphatic hydroxyl groups excluding tert-OH is 1. The molecule has 0 aromatic heterocycles.